The number of hydrogen-bond acceptors (Lipinski definition) is 9. The number of carbonyl (C=O) groups is 2. The van der Waals surface area contributed by atoms with E-state index in [4.69, 9.17) is 20.2 Å². The Morgan fingerprint density at radius 2 is 1.84 bits per heavy atom. The van der Waals surface area contributed by atoms with E-state index in [-0.39, 0.29) is 5.69 Å². The van der Waals surface area contributed by atoms with Gasteiger partial charge < -0.3 is 25.2 Å². The molecule has 12 nitrogen and oxygen atoms in total. The maximum absolute atomic E-state index is 15.5. The van der Waals surface area contributed by atoms with Crippen molar-refractivity contribution in [3.05, 3.63) is 60.1 Å². The Morgan fingerprint density at radius 3 is 2.39 bits per heavy atom. The number of nitriles is 1. The first-order valence-corrected chi connectivity index (χ1v) is 11.4. The van der Waals surface area contributed by atoms with Gasteiger partial charge in [0.15, 0.2) is 11.5 Å². The molecular formula is C25H26FN7O5. The molecule has 0 atom stereocenters. The molecule has 0 saturated carbocycles. The molecule has 3 heterocycles. The molecule has 2 aromatic heterocycles. The van der Waals surface area contributed by atoms with Crippen molar-refractivity contribution in [2.75, 3.05) is 32.6 Å². The average Bonchev–Trinajstić information content (AvgIpc) is 3.38. The smallest absolute Gasteiger partial charge is 0.328 e. The molecule has 4 rings (SSSR count). The van der Waals surface area contributed by atoms with Crippen molar-refractivity contribution in [2.45, 2.75) is 18.5 Å². The number of likely N-dealkylation sites (tertiary alicyclic amines) is 1. The van der Waals surface area contributed by atoms with Crippen LogP contribution in [0.1, 0.15) is 24.1 Å². The molecular weight excluding hydrogens is 497 g/mol. The van der Waals surface area contributed by atoms with Gasteiger partial charge in [0.2, 0.25) is 0 Å². The van der Waals surface area contributed by atoms with Crippen LogP contribution >= 0.6 is 0 Å². The molecule has 4 N–H and O–H groups in total. The number of carboxylic acid groups (broad SMARTS) is 2. The lowest BCUT2D eigenvalue weighted by Crippen LogP contribution is -2.38. The molecule has 1 aliphatic heterocycles. The van der Waals surface area contributed by atoms with Gasteiger partial charge in [-0.3, -0.25) is 5.10 Å². The number of alkyl halides is 1. The number of methoxy groups -OCH3 is 1. The summed E-state index contributed by atoms with van der Waals surface area (Å²) in [5, 5.41) is 34.6. The Kier molecular flexibility index (Phi) is 9.07. The highest BCUT2D eigenvalue weighted by Crippen LogP contribution is 2.40. The van der Waals surface area contributed by atoms with E-state index in [0.717, 1.165) is 24.3 Å². The van der Waals surface area contributed by atoms with Crippen LogP contribution in [0.4, 0.5) is 16.0 Å². The van der Waals surface area contributed by atoms with Crippen LogP contribution in [0.5, 0.6) is 5.75 Å². The Bertz CT molecular complexity index is 1330. The van der Waals surface area contributed by atoms with Crippen molar-refractivity contribution >= 4 is 23.6 Å². The first kappa shape index (κ1) is 27.8. The summed E-state index contributed by atoms with van der Waals surface area (Å²) in [4.78, 5) is 29.3. The first-order chi connectivity index (χ1) is 18.1. The molecule has 0 bridgehead atoms. The largest absolute Gasteiger partial charge is 0.496 e. The summed E-state index contributed by atoms with van der Waals surface area (Å²) in [6.07, 6.45) is 4.90. The molecule has 198 valence electrons. The first-order valence-electron chi connectivity index (χ1n) is 11.4. The quantitative estimate of drug-likeness (QED) is 0.335. The fraction of sp³-hybridized carbons (Fsp3) is 0.280. The number of rotatable bonds is 7. The van der Waals surface area contributed by atoms with Crippen molar-refractivity contribution in [1.29, 1.82) is 5.26 Å². The maximum Gasteiger partial charge on any atom is 0.328 e. The van der Waals surface area contributed by atoms with E-state index in [0.29, 0.717) is 47.9 Å². The van der Waals surface area contributed by atoms with Crippen LogP contribution < -0.4 is 10.1 Å². The SMILES string of the molecule is COc1cc(C2(F)CCN(C)CC2)ccc1-c1cc(Nc2cnc(C#N)cn2)n[nH]1.O=C(O)/C=C\C(=O)O. The molecule has 0 spiro atoms. The van der Waals surface area contributed by atoms with Gasteiger partial charge in [0.1, 0.15) is 23.3 Å². The van der Waals surface area contributed by atoms with Crippen LogP contribution in [-0.4, -0.2) is 74.5 Å². The summed E-state index contributed by atoms with van der Waals surface area (Å²) in [5.41, 5.74) is 1.04. The van der Waals surface area contributed by atoms with E-state index in [9.17, 15) is 9.59 Å². The van der Waals surface area contributed by atoms with Crippen molar-refractivity contribution < 1.29 is 28.9 Å². The van der Waals surface area contributed by atoms with E-state index in [1.165, 1.54) is 12.4 Å². The number of H-pyrrole nitrogens is 1. The summed E-state index contributed by atoms with van der Waals surface area (Å²) >= 11 is 0. The summed E-state index contributed by atoms with van der Waals surface area (Å²) in [7, 11) is 3.58. The number of nitrogens with zero attached hydrogens (tertiary/aromatic N) is 5. The third kappa shape index (κ3) is 7.34. The van der Waals surface area contributed by atoms with E-state index < -0.39 is 17.6 Å². The topological polar surface area (TPSA) is 177 Å². The molecule has 13 heteroatoms. The average molecular weight is 524 g/mol. The number of hydrogen-bond donors (Lipinski definition) is 4. The van der Waals surface area contributed by atoms with E-state index >= 15 is 4.39 Å². The van der Waals surface area contributed by atoms with E-state index in [1.807, 2.05) is 25.2 Å². The van der Waals surface area contributed by atoms with Crippen LogP contribution in [-0.2, 0) is 15.3 Å². The second-order valence-corrected chi connectivity index (χ2v) is 8.38. The van der Waals surface area contributed by atoms with Crippen LogP contribution in [0.3, 0.4) is 0 Å². The second kappa shape index (κ2) is 12.4. The summed E-state index contributed by atoms with van der Waals surface area (Å²) in [6.45, 7) is 1.46. The molecule has 1 fully saturated rings. The Balaban J connectivity index is 0.000000436. The van der Waals surface area contributed by atoms with Gasteiger partial charge in [-0.25, -0.2) is 23.9 Å². The van der Waals surface area contributed by atoms with Gasteiger partial charge in [0.25, 0.3) is 0 Å². The number of aromatic nitrogens is 4. The van der Waals surface area contributed by atoms with Gasteiger partial charge in [-0.1, -0.05) is 6.07 Å². The number of nitrogens with one attached hydrogen (secondary N) is 2. The van der Waals surface area contributed by atoms with E-state index in [2.05, 4.69) is 30.4 Å². The van der Waals surface area contributed by atoms with Crippen LogP contribution in [0.2, 0.25) is 0 Å². The number of aromatic amines is 1. The Labute approximate surface area is 217 Å². The lowest BCUT2D eigenvalue weighted by Gasteiger charge is -2.35. The van der Waals surface area contributed by atoms with Gasteiger partial charge in [-0.15, -0.1) is 0 Å². The van der Waals surface area contributed by atoms with Crippen molar-refractivity contribution in [1.82, 2.24) is 25.1 Å². The number of aliphatic carboxylic acids is 2. The lowest BCUT2D eigenvalue weighted by atomic mass is 9.85. The predicted octanol–water partition coefficient (Wildman–Crippen LogP) is 3.09. The molecule has 0 aliphatic carbocycles. The molecule has 1 saturated heterocycles. The summed E-state index contributed by atoms with van der Waals surface area (Å²) in [5.74, 6) is -0.931. The zero-order valence-electron chi connectivity index (χ0n) is 20.7. The van der Waals surface area contributed by atoms with E-state index in [1.54, 1.807) is 19.2 Å². The van der Waals surface area contributed by atoms with Gasteiger partial charge in [-0.05, 0) is 37.6 Å². The van der Waals surface area contributed by atoms with Gasteiger partial charge in [0.05, 0.1) is 25.2 Å². The van der Waals surface area contributed by atoms with Crippen molar-refractivity contribution in [2.24, 2.45) is 0 Å². The molecule has 1 aromatic carbocycles. The normalized spacial score (nSPS) is 14.7. The zero-order chi connectivity index (χ0) is 27.7. The van der Waals surface area contributed by atoms with Gasteiger partial charge in [0, 0.05) is 36.9 Å². The van der Waals surface area contributed by atoms with Crippen LogP contribution in [0.25, 0.3) is 11.3 Å². The molecule has 0 amide bonds. The fourth-order valence-electron chi connectivity index (χ4n) is 3.70. The van der Waals surface area contributed by atoms with Crippen molar-refractivity contribution in [3.8, 4) is 23.1 Å². The Hall–Kier alpha value is -4.83. The minimum atomic E-state index is -1.34. The number of carboxylic acids is 2. The standard InChI is InChI=1S/C21H22FN7O.C4H4O4/c1-29-7-5-21(22,6-8-29)14-3-4-16(18(9-14)30-2)17-10-19(28-27-17)26-20-13-24-15(11-23)12-25-20;5-3(6)1-2-4(7)8/h3-4,9-10,12-13H,5-8H2,1-2H3,(H2,25,26,27,28);1-2H,(H,5,6)(H,7,8)/b;2-1-. The monoisotopic (exact) mass is 523 g/mol. The number of ether oxygens (including phenoxy) is 1. The van der Waals surface area contributed by atoms with Gasteiger partial charge >= 0.3 is 11.9 Å². The summed E-state index contributed by atoms with van der Waals surface area (Å²) in [6, 6.07) is 9.18. The number of piperidine rings is 1. The third-order valence-corrected chi connectivity index (χ3v) is 5.76. The van der Waals surface area contributed by atoms with Gasteiger partial charge in [-0.2, -0.15) is 10.4 Å². The lowest BCUT2D eigenvalue weighted by molar-refractivity contribution is -0.134. The second-order valence-electron chi connectivity index (χ2n) is 8.38. The zero-order valence-corrected chi connectivity index (χ0v) is 20.7. The minimum absolute atomic E-state index is 0.239. The minimum Gasteiger partial charge on any atom is -0.496 e. The number of halogens is 1. The maximum atomic E-state index is 15.5. The third-order valence-electron chi connectivity index (χ3n) is 5.76. The van der Waals surface area contributed by atoms with Crippen LogP contribution in [0.15, 0.2) is 48.8 Å². The fourth-order valence-corrected chi connectivity index (χ4v) is 3.70. The predicted molar refractivity (Wildman–Crippen MR) is 135 cm³/mol. The van der Waals surface area contributed by atoms with Crippen LogP contribution in [0, 0.1) is 11.3 Å². The molecule has 3 aromatic rings. The molecule has 0 unspecified atom stereocenters. The van der Waals surface area contributed by atoms with Crippen molar-refractivity contribution in [3.63, 3.8) is 0 Å². The highest BCUT2D eigenvalue weighted by atomic mass is 19.1. The highest BCUT2D eigenvalue weighted by Gasteiger charge is 2.36. The number of anilines is 2. The summed E-state index contributed by atoms with van der Waals surface area (Å²) < 4.78 is 21.0. The molecule has 0 radical (unpaired) electrons. The molecule has 1 aliphatic rings. The highest BCUT2D eigenvalue weighted by molar-refractivity contribution is 5.89. The Morgan fingerprint density at radius 1 is 1.16 bits per heavy atom. The molecule has 38 heavy (non-hydrogen) atoms. The number of benzene rings is 1.